The summed E-state index contributed by atoms with van der Waals surface area (Å²) in [5.41, 5.74) is 1.18. The summed E-state index contributed by atoms with van der Waals surface area (Å²) in [6.45, 7) is 1.57. The fraction of sp³-hybridized carbons (Fsp3) is 0.600. The van der Waals surface area contributed by atoms with Crippen molar-refractivity contribution in [3.8, 4) is 0 Å². The van der Waals surface area contributed by atoms with E-state index < -0.39 is 0 Å². The molecule has 3 nitrogen and oxygen atoms in total. The summed E-state index contributed by atoms with van der Waals surface area (Å²) in [6, 6.07) is 10.2. The van der Waals surface area contributed by atoms with Gasteiger partial charge in [0.15, 0.2) is 0 Å². The molecule has 0 aliphatic carbocycles. The predicted molar refractivity (Wildman–Crippen MR) is 70.3 cm³/mol. The van der Waals surface area contributed by atoms with Gasteiger partial charge in [-0.15, -0.1) is 0 Å². The van der Waals surface area contributed by atoms with Gasteiger partial charge in [0.2, 0.25) is 0 Å². The Morgan fingerprint density at radius 3 is 2.83 bits per heavy atom. The van der Waals surface area contributed by atoms with Crippen LogP contribution in [-0.4, -0.2) is 30.5 Å². The van der Waals surface area contributed by atoms with Crippen molar-refractivity contribution in [3.63, 3.8) is 0 Å². The minimum absolute atomic E-state index is 0.0428. The Labute approximate surface area is 109 Å². The van der Waals surface area contributed by atoms with Gasteiger partial charge in [-0.2, -0.15) is 0 Å². The second-order valence-electron chi connectivity index (χ2n) is 4.75. The van der Waals surface area contributed by atoms with Crippen molar-refractivity contribution in [2.75, 3.05) is 13.2 Å². The molecule has 0 aromatic heterocycles. The number of hydrogen-bond donors (Lipinski definition) is 1. The lowest BCUT2D eigenvalue weighted by Crippen LogP contribution is -2.31. The Morgan fingerprint density at radius 2 is 2.06 bits per heavy atom. The monoisotopic (exact) mass is 250 g/mol. The number of benzene rings is 1. The molecule has 0 spiro atoms. The van der Waals surface area contributed by atoms with Gasteiger partial charge in [-0.05, 0) is 31.2 Å². The third-order valence-corrected chi connectivity index (χ3v) is 3.35. The summed E-state index contributed by atoms with van der Waals surface area (Å²) in [5, 5.41) is 9.08. The molecule has 0 unspecified atom stereocenters. The zero-order chi connectivity index (χ0) is 12.6. The van der Waals surface area contributed by atoms with Gasteiger partial charge in [0.05, 0.1) is 18.8 Å². The van der Waals surface area contributed by atoms with Crippen LogP contribution in [0.4, 0.5) is 0 Å². The quantitative estimate of drug-likeness (QED) is 0.872. The predicted octanol–water partition coefficient (Wildman–Crippen LogP) is 2.52. The molecule has 100 valence electrons. The second kappa shape index (κ2) is 7.52. The van der Waals surface area contributed by atoms with Crippen molar-refractivity contribution >= 4 is 0 Å². The summed E-state index contributed by atoms with van der Waals surface area (Å²) in [4.78, 5) is 0. The molecule has 1 aromatic carbocycles. The molecule has 1 fully saturated rings. The summed E-state index contributed by atoms with van der Waals surface area (Å²) in [7, 11) is 0. The van der Waals surface area contributed by atoms with E-state index in [1.54, 1.807) is 0 Å². The average Bonchev–Trinajstić information content (AvgIpc) is 2.64. The van der Waals surface area contributed by atoms with Crippen LogP contribution in [-0.2, 0) is 16.1 Å². The minimum atomic E-state index is 0.0428. The number of aliphatic hydroxyl groups excluding tert-OH is 1. The van der Waals surface area contributed by atoms with Crippen molar-refractivity contribution in [1.29, 1.82) is 0 Å². The maximum Gasteiger partial charge on any atom is 0.0858 e. The maximum absolute atomic E-state index is 9.08. The molecule has 0 saturated carbocycles. The highest BCUT2D eigenvalue weighted by atomic mass is 16.5. The first-order valence-corrected chi connectivity index (χ1v) is 6.78. The Kier molecular flexibility index (Phi) is 5.65. The van der Waals surface area contributed by atoms with Crippen LogP contribution >= 0.6 is 0 Å². The summed E-state index contributed by atoms with van der Waals surface area (Å²) >= 11 is 0. The van der Waals surface area contributed by atoms with Gasteiger partial charge in [-0.25, -0.2) is 0 Å². The first kappa shape index (κ1) is 13.5. The molecule has 2 atom stereocenters. The molecule has 0 radical (unpaired) electrons. The molecule has 1 heterocycles. The molecular formula is C15H22O3. The Bertz CT molecular complexity index is 326. The van der Waals surface area contributed by atoms with E-state index in [0.717, 1.165) is 25.9 Å². The lowest BCUT2D eigenvalue weighted by molar-refractivity contribution is -0.0779. The largest absolute Gasteiger partial charge is 0.396 e. The van der Waals surface area contributed by atoms with Crippen molar-refractivity contribution in [2.24, 2.45) is 0 Å². The lowest BCUT2D eigenvalue weighted by atomic mass is 10.1. The maximum atomic E-state index is 9.08. The molecule has 1 aliphatic heterocycles. The molecule has 1 aromatic rings. The first-order valence-electron chi connectivity index (χ1n) is 6.78. The van der Waals surface area contributed by atoms with Crippen LogP contribution in [0.5, 0.6) is 0 Å². The van der Waals surface area contributed by atoms with Crippen molar-refractivity contribution in [1.82, 2.24) is 0 Å². The summed E-state index contributed by atoms with van der Waals surface area (Å²) in [6.07, 6.45) is 4.08. The number of rotatable bonds is 5. The third-order valence-electron chi connectivity index (χ3n) is 3.35. The van der Waals surface area contributed by atoms with Crippen LogP contribution in [0, 0.1) is 0 Å². The zero-order valence-corrected chi connectivity index (χ0v) is 10.8. The van der Waals surface area contributed by atoms with E-state index in [2.05, 4.69) is 12.1 Å². The van der Waals surface area contributed by atoms with Crippen LogP contribution in [0.15, 0.2) is 30.3 Å². The van der Waals surface area contributed by atoms with E-state index in [1.807, 2.05) is 18.2 Å². The molecule has 0 amide bonds. The van der Waals surface area contributed by atoms with Gasteiger partial charge in [0.25, 0.3) is 0 Å². The van der Waals surface area contributed by atoms with E-state index in [4.69, 9.17) is 14.6 Å². The molecule has 1 aliphatic rings. The van der Waals surface area contributed by atoms with E-state index >= 15 is 0 Å². The smallest absolute Gasteiger partial charge is 0.0858 e. The van der Waals surface area contributed by atoms with Gasteiger partial charge in [-0.1, -0.05) is 30.3 Å². The Hall–Kier alpha value is -0.900. The highest BCUT2D eigenvalue weighted by Crippen LogP contribution is 2.20. The van der Waals surface area contributed by atoms with Crippen LogP contribution in [0.3, 0.4) is 0 Å². The second-order valence-corrected chi connectivity index (χ2v) is 4.75. The fourth-order valence-corrected chi connectivity index (χ4v) is 2.34. The molecule has 18 heavy (non-hydrogen) atoms. The molecule has 0 bridgehead atoms. The van der Waals surface area contributed by atoms with Crippen LogP contribution < -0.4 is 0 Å². The molecular weight excluding hydrogens is 228 g/mol. The normalized spacial score (nSPS) is 24.7. The number of hydrogen-bond acceptors (Lipinski definition) is 3. The lowest BCUT2D eigenvalue weighted by Gasteiger charge is -2.24. The van der Waals surface area contributed by atoms with Crippen LogP contribution in [0.1, 0.15) is 31.2 Å². The molecule has 2 rings (SSSR count). The van der Waals surface area contributed by atoms with E-state index in [-0.39, 0.29) is 18.8 Å². The van der Waals surface area contributed by atoms with Gasteiger partial charge in [-0.3, -0.25) is 0 Å². The summed E-state index contributed by atoms with van der Waals surface area (Å²) in [5.74, 6) is 0. The van der Waals surface area contributed by atoms with Gasteiger partial charge in [0, 0.05) is 13.2 Å². The first-order chi connectivity index (χ1) is 8.90. The number of ether oxygens (including phenoxy) is 2. The van der Waals surface area contributed by atoms with Crippen LogP contribution in [0.25, 0.3) is 0 Å². The zero-order valence-electron chi connectivity index (χ0n) is 10.8. The fourth-order valence-electron chi connectivity index (χ4n) is 2.34. The van der Waals surface area contributed by atoms with E-state index in [1.165, 1.54) is 5.56 Å². The highest BCUT2D eigenvalue weighted by molar-refractivity contribution is 5.13. The minimum Gasteiger partial charge on any atom is -0.396 e. The van der Waals surface area contributed by atoms with Crippen molar-refractivity contribution in [3.05, 3.63) is 35.9 Å². The molecule has 1 N–H and O–H groups in total. The summed E-state index contributed by atoms with van der Waals surface area (Å²) < 4.78 is 11.7. The standard InChI is InChI=1S/C15H22O3/c16-10-9-15-14(8-4-5-11-17-15)18-12-13-6-2-1-3-7-13/h1-3,6-7,14-16H,4-5,8-12H2/t14-,15+/m1/s1. The molecule has 1 saturated heterocycles. The van der Waals surface area contributed by atoms with Crippen molar-refractivity contribution in [2.45, 2.75) is 44.5 Å². The van der Waals surface area contributed by atoms with Gasteiger partial charge < -0.3 is 14.6 Å². The SMILES string of the molecule is OCC[C@@H]1OCCCC[C@H]1OCc1ccccc1. The topological polar surface area (TPSA) is 38.7 Å². The average molecular weight is 250 g/mol. The van der Waals surface area contributed by atoms with Crippen LogP contribution in [0.2, 0.25) is 0 Å². The van der Waals surface area contributed by atoms with Gasteiger partial charge >= 0.3 is 0 Å². The van der Waals surface area contributed by atoms with Crippen molar-refractivity contribution < 1.29 is 14.6 Å². The number of aliphatic hydroxyl groups is 1. The Morgan fingerprint density at radius 1 is 1.22 bits per heavy atom. The molecule has 3 heteroatoms. The van der Waals surface area contributed by atoms with Gasteiger partial charge in [0.1, 0.15) is 0 Å². The highest BCUT2D eigenvalue weighted by Gasteiger charge is 2.24. The third kappa shape index (κ3) is 4.09. The van der Waals surface area contributed by atoms with E-state index in [9.17, 15) is 0 Å². The van der Waals surface area contributed by atoms with E-state index in [0.29, 0.717) is 13.0 Å². The Balaban J connectivity index is 1.88.